The fourth-order valence-electron chi connectivity index (χ4n) is 3.09. The van der Waals surface area contributed by atoms with Crippen molar-refractivity contribution in [3.8, 4) is 0 Å². The molecule has 2 aromatic heterocycles. The smallest absolute Gasteiger partial charge is 0.284 e. The number of aryl methyl sites for hydroxylation is 1. The highest BCUT2D eigenvalue weighted by atomic mass is 32.2. The van der Waals surface area contributed by atoms with Crippen molar-refractivity contribution >= 4 is 15.7 Å². The highest BCUT2D eigenvalue weighted by Gasteiger charge is 2.42. The van der Waals surface area contributed by atoms with Crippen LogP contribution in [0, 0.1) is 0 Å². The number of nitrogens with zero attached hydrogens (tertiary/aromatic N) is 5. The fourth-order valence-corrected chi connectivity index (χ4v) is 4.71. The average Bonchev–Trinajstić information content (AvgIpc) is 3.31. The maximum absolute atomic E-state index is 13.3. The lowest BCUT2D eigenvalue weighted by molar-refractivity contribution is 0.358. The zero-order valence-electron chi connectivity index (χ0n) is 14.7. The summed E-state index contributed by atoms with van der Waals surface area (Å²) in [5.74, 6) is 0.927. The Labute approximate surface area is 151 Å². The Kier molecular flexibility index (Phi) is 3.83. The molecule has 4 rings (SSSR count). The number of aromatic nitrogens is 4. The molecule has 8 nitrogen and oxygen atoms in total. The van der Waals surface area contributed by atoms with Gasteiger partial charge in [0, 0.05) is 25.6 Å². The van der Waals surface area contributed by atoms with E-state index in [-0.39, 0.29) is 10.9 Å². The Bertz CT molecular complexity index is 1050. The van der Waals surface area contributed by atoms with Crippen molar-refractivity contribution in [2.24, 2.45) is 7.05 Å². The van der Waals surface area contributed by atoms with Crippen LogP contribution in [0.4, 0.5) is 5.69 Å². The summed E-state index contributed by atoms with van der Waals surface area (Å²) < 4.78 is 34.9. The molecule has 136 valence electrons. The SMILES string of the molecule is CC(C)c1nc(C2Cc3ccccc3N2S(=O)(=O)c2cn(C)cn2)no1. The zero-order valence-corrected chi connectivity index (χ0v) is 15.5. The molecule has 0 amide bonds. The molecule has 1 aliphatic rings. The molecule has 1 unspecified atom stereocenters. The third-order valence-corrected chi connectivity index (χ3v) is 6.09. The Morgan fingerprint density at radius 1 is 1.27 bits per heavy atom. The van der Waals surface area contributed by atoms with Crippen molar-refractivity contribution < 1.29 is 12.9 Å². The van der Waals surface area contributed by atoms with Crippen LogP contribution in [0.25, 0.3) is 0 Å². The van der Waals surface area contributed by atoms with Crippen LogP contribution in [0.3, 0.4) is 0 Å². The van der Waals surface area contributed by atoms with Crippen molar-refractivity contribution in [3.63, 3.8) is 0 Å². The summed E-state index contributed by atoms with van der Waals surface area (Å²) in [5, 5.41) is 4.04. The van der Waals surface area contributed by atoms with Gasteiger partial charge in [-0.1, -0.05) is 37.2 Å². The molecule has 1 atom stereocenters. The van der Waals surface area contributed by atoms with Crippen molar-refractivity contribution in [3.05, 3.63) is 54.1 Å². The van der Waals surface area contributed by atoms with Gasteiger partial charge >= 0.3 is 0 Å². The Morgan fingerprint density at radius 3 is 2.69 bits per heavy atom. The molecule has 26 heavy (non-hydrogen) atoms. The van der Waals surface area contributed by atoms with E-state index in [0.29, 0.717) is 23.8 Å². The Balaban J connectivity index is 1.84. The highest BCUT2D eigenvalue weighted by molar-refractivity contribution is 7.92. The second-order valence-corrected chi connectivity index (χ2v) is 8.43. The summed E-state index contributed by atoms with van der Waals surface area (Å²) in [4.78, 5) is 8.46. The van der Waals surface area contributed by atoms with Gasteiger partial charge in [0.05, 0.1) is 12.0 Å². The lowest BCUT2D eigenvalue weighted by Crippen LogP contribution is -2.33. The molecule has 3 heterocycles. The van der Waals surface area contributed by atoms with Gasteiger partial charge in [0.25, 0.3) is 10.0 Å². The summed E-state index contributed by atoms with van der Waals surface area (Å²) in [5.41, 5.74) is 1.55. The van der Waals surface area contributed by atoms with E-state index in [1.807, 2.05) is 32.0 Å². The number of hydrogen-bond acceptors (Lipinski definition) is 6. The normalized spacial score (nSPS) is 17.1. The molecule has 0 saturated carbocycles. The van der Waals surface area contributed by atoms with Gasteiger partial charge in [0.2, 0.25) is 5.89 Å². The van der Waals surface area contributed by atoms with Gasteiger partial charge in [0.1, 0.15) is 6.04 Å². The van der Waals surface area contributed by atoms with E-state index in [1.165, 1.54) is 16.8 Å². The number of fused-ring (bicyclic) bond motifs is 1. The van der Waals surface area contributed by atoms with Gasteiger partial charge < -0.3 is 9.09 Å². The topological polar surface area (TPSA) is 94.1 Å². The molecule has 0 N–H and O–H groups in total. The minimum atomic E-state index is -3.86. The summed E-state index contributed by atoms with van der Waals surface area (Å²) in [6.07, 6.45) is 3.44. The monoisotopic (exact) mass is 373 g/mol. The molecular formula is C17H19N5O3S. The molecule has 0 radical (unpaired) electrons. The first-order valence-corrected chi connectivity index (χ1v) is 9.75. The number of sulfonamides is 1. The predicted octanol–water partition coefficient (Wildman–Crippen LogP) is 2.42. The number of para-hydroxylation sites is 1. The van der Waals surface area contributed by atoms with Crippen LogP contribution in [-0.4, -0.2) is 28.1 Å². The molecule has 0 bridgehead atoms. The van der Waals surface area contributed by atoms with Crippen molar-refractivity contribution in [1.29, 1.82) is 0 Å². The minimum absolute atomic E-state index is 0.00530. The lowest BCUT2D eigenvalue weighted by atomic mass is 10.1. The molecule has 3 aromatic rings. The first-order valence-electron chi connectivity index (χ1n) is 8.31. The quantitative estimate of drug-likeness (QED) is 0.697. The first-order chi connectivity index (χ1) is 12.4. The van der Waals surface area contributed by atoms with Crippen molar-refractivity contribution in [2.45, 2.75) is 37.3 Å². The number of rotatable bonds is 4. The van der Waals surface area contributed by atoms with Crippen LogP contribution in [0.1, 0.15) is 43.1 Å². The maximum Gasteiger partial charge on any atom is 0.284 e. The molecular weight excluding hydrogens is 354 g/mol. The summed E-state index contributed by atoms with van der Waals surface area (Å²) in [6.45, 7) is 3.90. The first kappa shape index (κ1) is 16.8. The van der Waals surface area contributed by atoms with Crippen LogP contribution in [0.2, 0.25) is 0 Å². The number of benzene rings is 1. The van der Waals surface area contributed by atoms with Gasteiger partial charge in [-0.3, -0.25) is 4.31 Å². The lowest BCUT2D eigenvalue weighted by Gasteiger charge is -2.23. The zero-order chi connectivity index (χ0) is 18.5. The standard InChI is InChI=1S/C17H19N5O3S/c1-11(2)17-19-16(20-25-17)14-8-12-6-4-5-7-13(12)22(14)26(23,24)15-9-21(3)10-18-15/h4-7,9-11,14H,8H2,1-3H3. The molecule has 1 aliphatic heterocycles. The molecule has 9 heteroatoms. The van der Waals surface area contributed by atoms with E-state index in [4.69, 9.17) is 4.52 Å². The average molecular weight is 373 g/mol. The van der Waals surface area contributed by atoms with Crippen molar-refractivity contribution in [1.82, 2.24) is 19.7 Å². The molecule has 1 aromatic carbocycles. The summed E-state index contributed by atoms with van der Waals surface area (Å²) >= 11 is 0. The molecule has 0 aliphatic carbocycles. The fraction of sp³-hybridized carbons (Fsp3) is 0.353. The third-order valence-electron chi connectivity index (χ3n) is 4.38. The maximum atomic E-state index is 13.3. The second kappa shape index (κ2) is 5.94. The van der Waals surface area contributed by atoms with Crippen LogP contribution in [0.5, 0.6) is 0 Å². The largest absolute Gasteiger partial charge is 0.339 e. The van der Waals surface area contributed by atoms with E-state index in [2.05, 4.69) is 15.1 Å². The van der Waals surface area contributed by atoms with E-state index >= 15 is 0 Å². The molecule has 0 saturated heterocycles. The van der Waals surface area contributed by atoms with Crippen LogP contribution in [-0.2, 0) is 23.5 Å². The summed E-state index contributed by atoms with van der Waals surface area (Å²) in [7, 11) is -2.13. The van der Waals surface area contributed by atoms with Crippen molar-refractivity contribution in [2.75, 3.05) is 4.31 Å². The van der Waals surface area contributed by atoms with Gasteiger partial charge in [-0.2, -0.15) is 13.4 Å². The number of hydrogen-bond donors (Lipinski definition) is 0. The van der Waals surface area contributed by atoms with Crippen LogP contribution >= 0.6 is 0 Å². The van der Waals surface area contributed by atoms with Gasteiger partial charge in [-0.25, -0.2) is 4.98 Å². The second-order valence-electron chi connectivity index (χ2n) is 6.67. The number of imidazole rings is 1. The van der Waals surface area contributed by atoms with E-state index in [0.717, 1.165) is 5.56 Å². The Morgan fingerprint density at radius 2 is 2.04 bits per heavy atom. The van der Waals surface area contributed by atoms with E-state index in [1.54, 1.807) is 17.7 Å². The van der Waals surface area contributed by atoms with Gasteiger partial charge in [0.15, 0.2) is 10.9 Å². The third kappa shape index (κ3) is 2.59. The molecule has 0 fully saturated rings. The van der Waals surface area contributed by atoms with E-state index < -0.39 is 16.1 Å². The molecule has 0 spiro atoms. The summed E-state index contributed by atoms with van der Waals surface area (Å²) in [6, 6.07) is 6.86. The van der Waals surface area contributed by atoms with Gasteiger partial charge in [-0.05, 0) is 11.6 Å². The van der Waals surface area contributed by atoms with Crippen LogP contribution in [0.15, 0.2) is 46.3 Å². The predicted molar refractivity (Wildman–Crippen MR) is 94.1 cm³/mol. The minimum Gasteiger partial charge on any atom is -0.339 e. The van der Waals surface area contributed by atoms with E-state index in [9.17, 15) is 8.42 Å². The van der Waals surface area contributed by atoms with Gasteiger partial charge in [-0.15, -0.1) is 0 Å². The van der Waals surface area contributed by atoms with Crippen LogP contribution < -0.4 is 4.31 Å². The Hall–Kier alpha value is -2.68. The number of anilines is 1. The highest BCUT2D eigenvalue weighted by Crippen LogP contribution is 2.42.